The zero-order chi connectivity index (χ0) is 13.2. The lowest BCUT2D eigenvalue weighted by Crippen LogP contribution is -1.95. The number of nitrogens with one attached hydrogen (secondary N) is 1. The van der Waals surface area contributed by atoms with Crippen molar-refractivity contribution in [3.8, 4) is 5.75 Å². The highest BCUT2D eigenvalue weighted by molar-refractivity contribution is 6.30. The van der Waals surface area contributed by atoms with Gasteiger partial charge in [-0.3, -0.25) is 0 Å². The fraction of sp³-hybridized carbons (Fsp3) is 0.0667. The molecule has 2 aromatic carbocycles. The molecular weight excluding hydrogens is 260 g/mol. The molecule has 0 aliphatic carbocycles. The SMILES string of the molecule is Nc1cccc2[nH]cc(COc3cccc(Cl)c3)c12. The number of anilines is 1. The molecule has 0 bridgehead atoms. The highest BCUT2D eigenvalue weighted by Gasteiger charge is 2.07. The molecule has 96 valence electrons. The molecule has 3 N–H and O–H groups in total. The first kappa shape index (κ1) is 11.9. The summed E-state index contributed by atoms with van der Waals surface area (Å²) in [4.78, 5) is 3.19. The maximum atomic E-state index is 6.00. The number of hydrogen-bond acceptors (Lipinski definition) is 2. The Bertz CT molecular complexity index is 721. The van der Waals surface area contributed by atoms with Crippen LogP contribution in [0, 0.1) is 0 Å². The van der Waals surface area contributed by atoms with Crippen LogP contribution in [0.3, 0.4) is 0 Å². The fourth-order valence-corrected chi connectivity index (χ4v) is 2.30. The van der Waals surface area contributed by atoms with Gasteiger partial charge in [0.25, 0.3) is 0 Å². The Morgan fingerprint density at radius 3 is 2.84 bits per heavy atom. The van der Waals surface area contributed by atoms with Crippen LogP contribution in [0.4, 0.5) is 5.69 Å². The van der Waals surface area contributed by atoms with Gasteiger partial charge in [0.1, 0.15) is 12.4 Å². The third-order valence-corrected chi connectivity index (χ3v) is 3.25. The van der Waals surface area contributed by atoms with Gasteiger partial charge in [-0.15, -0.1) is 0 Å². The predicted octanol–water partition coefficient (Wildman–Crippen LogP) is 3.98. The summed E-state index contributed by atoms with van der Waals surface area (Å²) in [5, 5.41) is 1.68. The van der Waals surface area contributed by atoms with Crippen molar-refractivity contribution in [2.24, 2.45) is 0 Å². The van der Waals surface area contributed by atoms with Crippen LogP contribution in [-0.2, 0) is 6.61 Å². The molecule has 0 radical (unpaired) electrons. The van der Waals surface area contributed by atoms with Crippen molar-refractivity contribution in [1.29, 1.82) is 0 Å². The van der Waals surface area contributed by atoms with E-state index in [4.69, 9.17) is 22.1 Å². The molecule has 3 rings (SSSR count). The second kappa shape index (κ2) is 4.86. The first-order valence-electron chi connectivity index (χ1n) is 5.97. The second-order valence-electron chi connectivity index (χ2n) is 4.33. The lowest BCUT2D eigenvalue weighted by Gasteiger charge is -2.06. The van der Waals surface area contributed by atoms with E-state index in [1.54, 1.807) is 6.07 Å². The normalized spacial score (nSPS) is 10.8. The minimum Gasteiger partial charge on any atom is -0.489 e. The van der Waals surface area contributed by atoms with Gasteiger partial charge in [-0.25, -0.2) is 0 Å². The van der Waals surface area contributed by atoms with Gasteiger partial charge in [0, 0.05) is 33.4 Å². The molecule has 0 atom stereocenters. The van der Waals surface area contributed by atoms with Gasteiger partial charge in [-0.2, -0.15) is 0 Å². The van der Waals surface area contributed by atoms with Crippen molar-refractivity contribution in [3.63, 3.8) is 0 Å². The molecule has 1 heterocycles. The van der Waals surface area contributed by atoms with Crippen molar-refractivity contribution in [3.05, 3.63) is 59.2 Å². The monoisotopic (exact) mass is 272 g/mol. The molecule has 0 spiro atoms. The van der Waals surface area contributed by atoms with Gasteiger partial charge in [-0.1, -0.05) is 23.7 Å². The van der Waals surface area contributed by atoms with Crippen LogP contribution in [-0.4, -0.2) is 4.98 Å². The largest absolute Gasteiger partial charge is 0.489 e. The highest BCUT2D eigenvalue weighted by Crippen LogP contribution is 2.26. The van der Waals surface area contributed by atoms with Gasteiger partial charge in [0.05, 0.1) is 0 Å². The molecule has 0 fully saturated rings. The van der Waals surface area contributed by atoms with E-state index in [0.717, 1.165) is 27.9 Å². The number of H-pyrrole nitrogens is 1. The van der Waals surface area contributed by atoms with Crippen molar-refractivity contribution in [2.75, 3.05) is 5.73 Å². The van der Waals surface area contributed by atoms with Gasteiger partial charge < -0.3 is 15.5 Å². The zero-order valence-corrected chi connectivity index (χ0v) is 10.9. The number of hydrogen-bond donors (Lipinski definition) is 2. The molecule has 0 saturated heterocycles. The average Bonchev–Trinajstić information content (AvgIpc) is 2.81. The van der Waals surface area contributed by atoms with Crippen LogP contribution in [0.2, 0.25) is 5.02 Å². The number of aromatic nitrogens is 1. The summed E-state index contributed by atoms with van der Waals surface area (Å²) < 4.78 is 5.73. The molecule has 0 aliphatic heterocycles. The van der Waals surface area contributed by atoms with E-state index < -0.39 is 0 Å². The maximum absolute atomic E-state index is 6.00. The third-order valence-electron chi connectivity index (χ3n) is 3.01. The van der Waals surface area contributed by atoms with Gasteiger partial charge >= 0.3 is 0 Å². The van der Waals surface area contributed by atoms with Gasteiger partial charge in [0.15, 0.2) is 0 Å². The Kier molecular flexibility index (Phi) is 3.05. The Morgan fingerprint density at radius 2 is 2.00 bits per heavy atom. The Balaban J connectivity index is 1.86. The molecule has 3 nitrogen and oxygen atoms in total. The number of fused-ring (bicyclic) bond motifs is 1. The van der Waals surface area contributed by atoms with Crippen LogP contribution in [0.25, 0.3) is 10.9 Å². The average molecular weight is 273 g/mol. The molecule has 1 aromatic heterocycles. The smallest absolute Gasteiger partial charge is 0.121 e. The molecule has 19 heavy (non-hydrogen) atoms. The summed E-state index contributed by atoms with van der Waals surface area (Å²) in [5.74, 6) is 0.747. The minimum atomic E-state index is 0.453. The van der Waals surface area contributed by atoms with Crippen LogP contribution in [0.5, 0.6) is 5.75 Å². The first-order valence-corrected chi connectivity index (χ1v) is 6.34. The first-order chi connectivity index (χ1) is 9.24. The standard InChI is InChI=1S/C15H13ClN2O/c16-11-3-1-4-12(7-11)19-9-10-8-18-14-6-2-5-13(17)15(10)14/h1-8,18H,9,17H2. The number of nitrogens with two attached hydrogens (primary N) is 1. The molecule has 0 unspecified atom stereocenters. The number of ether oxygens (including phenoxy) is 1. The van der Waals surface area contributed by atoms with Crippen molar-refractivity contribution < 1.29 is 4.74 Å². The van der Waals surface area contributed by atoms with Gasteiger partial charge in [0.2, 0.25) is 0 Å². The van der Waals surface area contributed by atoms with Crippen molar-refractivity contribution in [1.82, 2.24) is 4.98 Å². The number of aromatic amines is 1. The number of halogens is 1. The molecule has 4 heteroatoms. The number of benzene rings is 2. The summed E-state index contributed by atoms with van der Waals surface area (Å²) in [6.07, 6.45) is 1.92. The van der Waals surface area contributed by atoms with E-state index in [9.17, 15) is 0 Å². The Hall–Kier alpha value is -2.13. The Morgan fingerprint density at radius 1 is 1.16 bits per heavy atom. The van der Waals surface area contributed by atoms with Crippen LogP contribution >= 0.6 is 11.6 Å². The van der Waals surface area contributed by atoms with E-state index in [0.29, 0.717) is 11.6 Å². The molecule has 0 amide bonds. The predicted molar refractivity (Wildman–Crippen MR) is 78.5 cm³/mol. The van der Waals surface area contributed by atoms with Gasteiger partial charge in [-0.05, 0) is 30.3 Å². The molecular formula is C15H13ClN2O. The summed E-state index contributed by atoms with van der Waals surface area (Å²) in [7, 11) is 0. The molecule has 0 aliphatic rings. The summed E-state index contributed by atoms with van der Waals surface area (Å²) in [5.41, 5.74) is 8.80. The number of nitrogen functional groups attached to an aromatic ring is 1. The van der Waals surface area contributed by atoms with E-state index in [1.165, 1.54) is 0 Å². The van der Waals surface area contributed by atoms with Crippen LogP contribution in [0.1, 0.15) is 5.56 Å². The maximum Gasteiger partial charge on any atom is 0.121 e. The lowest BCUT2D eigenvalue weighted by atomic mass is 10.1. The lowest BCUT2D eigenvalue weighted by molar-refractivity contribution is 0.308. The van der Waals surface area contributed by atoms with Crippen LogP contribution < -0.4 is 10.5 Å². The van der Waals surface area contributed by atoms with E-state index >= 15 is 0 Å². The third kappa shape index (κ3) is 2.37. The second-order valence-corrected chi connectivity index (χ2v) is 4.77. The highest BCUT2D eigenvalue weighted by atomic mass is 35.5. The zero-order valence-electron chi connectivity index (χ0n) is 10.2. The quantitative estimate of drug-likeness (QED) is 0.709. The molecule has 0 saturated carbocycles. The summed E-state index contributed by atoms with van der Waals surface area (Å²) >= 11 is 5.92. The van der Waals surface area contributed by atoms with E-state index in [1.807, 2.05) is 42.6 Å². The summed E-state index contributed by atoms with van der Waals surface area (Å²) in [6, 6.07) is 13.2. The van der Waals surface area contributed by atoms with Crippen LogP contribution in [0.15, 0.2) is 48.7 Å². The fourth-order valence-electron chi connectivity index (χ4n) is 2.12. The Labute approximate surface area is 116 Å². The topological polar surface area (TPSA) is 51.0 Å². The van der Waals surface area contributed by atoms with Crippen molar-refractivity contribution >= 4 is 28.2 Å². The molecule has 3 aromatic rings. The summed E-state index contributed by atoms with van der Waals surface area (Å²) in [6.45, 7) is 0.453. The van der Waals surface area contributed by atoms with E-state index in [2.05, 4.69) is 4.98 Å². The van der Waals surface area contributed by atoms with Crippen molar-refractivity contribution in [2.45, 2.75) is 6.61 Å². The van der Waals surface area contributed by atoms with E-state index in [-0.39, 0.29) is 0 Å². The minimum absolute atomic E-state index is 0.453. The number of rotatable bonds is 3.